The van der Waals surface area contributed by atoms with Gasteiger partial charge in [0.25, 0.3) is 0 Å². The first-order valence-corrected chi connectivity index (χ1v) is 7.05. The lowest BCUT2D eigenvalue weighted by Gasteiger charge is -2.06. The number of aromatic nitrogens is 3. The summed E-state index contributed by atoms with van der Waals surface area (Å²) in [5, 5.41) is 1.24. The number of benzene rings is 2. The van der Waals surface area contributed by atoms with Gasteiger partial charge in [-0.05, 0) is 37.6 Å². The van der Waals surface area contributed by atoms with Crippen LogP contribution in [0.1, 0.15) is 11.3 Å². The van der Waals surface area contributed by atoms with Gasteiger partial charge in [0.05, 0.1) is 22.4 Å². The van der Waals surface area contributed by atoms with E-state index in [1.54, 1.807) is 0 Å². The molecular weight excluding hydrogens is 258 g/mol. The Kier molecular flexibility index (Phi) is 2.54. The van der Waals surface area contributed by atoms with E-state index in [9.17, 15) is 0 Å². The van der Waals surface area contributed by atoms with Crippen LogP contribution in [0.25, 0.3) is 33.3 Å². The van der Waals surface area contributed by atoms with Crippen molar-refractivity contribution in [2.75, 3.05) is 0 Å². The molecule has 1 N–H and O–H groups in total. The molecule has 2 aromatic heterocycles. The second-order valence-corrected chi connectivity index (χ2v) is 5.32. The third-order valence-electron chi connectivity index (χ3n) is 3.95. The second kappa shape index (κ2) is 4.42. The molecule has 0 saturated carbocycles. The van der Waals surface area contributed by atoms with Crippen LogP contribution in [-0.4, -0.2) is 15.0 Å². The monoisotopic (exact) mass is 273 g/mol. The van der Waals surface area contributed by atoms with Gasteiger partial charge in [-0.1, -0.05) is 30.3 Å². The molecule has 0 saturated heterocycles. The summed E-state index contributed by atoms with van der Waals surface area (Å²) in [5.41, 5.74) is 7.17. The average Bonchev–Trinajstić information content (AvgIpc) is 2.84. The number of rotatable bonds is 1. The van der Waals surface area contributed by atoms with Gasteiger partial charge in [0, 0.05) is 10.9 Å². The summed E-state index contributed by atoms with van der Waals surface area (Å²) in [7, 11) is 0. The number of nitrogens with one attached hydrogen (secondary N) is 1. The highest BCUT2D eigenvalue weighted by atomic mass is 14.9. The van der Waals surface area contributed by atoms with E-state index in [-0.39, 0.29) is 0 Å². The predicted octanol–water partition coefficient (Wildman–Crippen LogP) is 4.39. The first-order valence-electron chi connectivity index (χ1n) is 7.05. The molecule has 3 nitrogen and oxygen atoms in total. The number of aromatic amines is 1. The largest absolute Gasteiger partial charge is 0.353 e. The predicted molar refractivity (Wildman–Crippen MR) is 86.3 cm³/mol. The number of fused-ring (bicyclic) bond motifs is 2. The molecule has 0 atom stereocenters. The number of para-hydroxylation sites is 3. The summed E-state index contributed by atoms with van der Waals surface area (Å²) >= 11 is 0. The van der Waals surface area contributed by atoms with Gasteiger partial charge in [-0.15, -0.1) is 0 Å². The van der Waals surface area contributed by atoms with E-state index in [1.165, 1.54) is 10.9 Å². The Hall–Kier alpha value is -2.68. The van der Waals surface area contributed by atoms with Crippen molar-refractivity contribution in [3.63, 3.8) is 0 Å². The first-order chi connectivity index (χ1) is 10.2. The summed E-state index contributed by atoms with van der Waals surface area (Å²) < 4.78 is 0. The number of hydrogen-bond donors (Lipinski definition) is 1. The maximum atomic E-state index is 4.81. The molecule has 102 valence electrons. The van der Waals surface area contributed by atoms with Crippen molar-refractivity contribution in [3.8, 4) is 11.4 Å². The summed E-state index contributed by atoms with van der Waals surface area (Å²) in [6.45, 7) is 4.14. The molecule has 0 spiro atoms. The van der Waals surface area contributed by atoms with E-state index >= 15 is 0 Å². The van der Waals surface area contributed by atoms with Crippen LogP contribution in [0.2, 0.25) is 0 Å². The Balaban J connectivity index is 2.03. The molecular formula is C18H15N3. The van der Waals surface area contributed by atoms with Gasteiger partial charge in [-0.3, -0.25) is 0 Å². The van der Waals surface area contributed by atoms with Crippen molar-refractivity contribution in [1.82, 2.24) is 15.0 Å². The molecule has 2 heterocycles. The Morgan fingerprint density at radius 2 is 1.48 bits per heavy atom. The zero-order chi connectivity index (χ0) is 14.4. The molecule has 0 unspecified atom stereocenters. The molecule has 0 bridgehead atoms. The molecule has 4 rings (SSSR count). The maximum Gasteiger partial charge on any atom is 0.109 e. The molecule has 0 radical (unpaired) electrons. The Bertz CT molecular complexity index is 967. The zero-order valence-corrected chi connectivity index (χ0v) is 12.0. The Morgan fingerprint density at radius 3 is 2.24 bits per heavy atom. The van der Waals surface area contributed by atoms with Crippen molar-refractivity contribution in [1.29, 1.82) is 0 Å². The minimum Gasteiger partial charge on any atom is -0.353 e. The Labute approximate surface area is 122 Å². The number of hydrogen-bond acceptors (Lipinski definition) is 2. The number of H-pyrrole nitrogens is 1. The minimum atomic E-state index is 0.927. The van der Waals surface area contributed by atoms with Crippen LogP contribution in [0, 0.1) is 13.8 Å². The van der Waals surface area contributed by atoms with E-state index in [1.807, 2.05) is 37.3 Å². The van der Waals surface area contributed by atoms with Gasteiger partial charge in [-0.25, -0.2) is 9.97 Å². The van der Waals surface area contributed by atoms with E-state index in [0.717, 1.165) is 33.6 Å². The third-order valence-corrected chi connectivity index (χ3v) is 3.95. The number of aryl methyl sites for hydroxylation is 2. The highest BCUT2D eigenvalue weighted by Gasteiger charge is 2.14. The molecule has 3 heteroatoms. The second-order valence-electron chi connectivity index (χ2n) is 5.32. The molecule has 4 aromatic rings. The summed E-state index contributed by atoms with van der Waals surface area (Å²) in [4.78, 5) is 13.0. The van der Waals surface area contributed by atoms with Crippen LogP contribution in [0.15, 0.2) is 48.5 Å². The lowest BCUT2D eigenvalue weighted by molar-refractivity contribution is 1.17. The highest BCUT2D eigenvalue weighted by molar-refractivity contribution is 5.91. The van der Waals surface area contributed by atoms with Crippen LogP contribution in [0.5, 0.6) is 0 Å². The Morgan fingerprint density at radius 1 is 0.810 bits per heavy atom. The lowest BCUT2D eigenvalue weighted by atomic mass is 10.1. The van der Waals surface area contributed by atoms with Crippen LogP contribution < -0.4 is 0 Å². The molecule has 21 heavy (non-hydrogen) atoms. The van der Waals surface area contributed by atoms with E-state index in [4.69, 9.17) is 4.98 Å². The highest BCUT2D eigenvalue weighted by Crippen LogP contribution is 2.30. The molecule has 0 aliphatic carbocycles. The van der Waals surface area contributed by atoms with Crippen molar-refractivity contribution in [2.24, 2.45) is 0 Å². The van der Waals surface area contributed by atoms with Gasteiger partial charge >= 0.3 is 0 Å². The van der Waals surface area contributed by atoms with E-state index < -0.39 is 0 Å². The molecule has 0 aliphatic rings. The van der Waals surface area contributed by atoms with Crippen molar-refractivity contribution < 1.29 is 0 Å². The van der Waals surface area contributed by atoms with Gasteiger partial charge in [-0.2, -0.15) is 0 Å². The molecule has 0 fully saturated rings. The maximum absolute atomic E-state index is 4.81. The normalized spacial score (nSPS) is 11.3. The van der Waals surface area contributed by atoms with Crippen molar-refractivity contribution in [3.05, 3.63) is 59.8 Å². The average molecular weight is 273 g/mol. The molecule has 0 amide bonds. The summed E-state index contributed by atoms with van der Waals surface area (Å²) in [5.74, 6) is 0. The van der Waals surface area contributed by atoms with Gasteiger partial charge < -0.3 is 4.98 Å². The molecule has 2 aromatic carbocycles. The van der Waals surface area contributed by atoms with Crippen LogP contribution >= 0.6 is 0 Å². The fourth-order valence-corrected chi connectivity index (χ4v) is 2.84. The van der Waals surface area contributed by atoms with Crippen molar-refractivity contribution in [2.45, 2.75) is 13.8 Å². The van der Waals surface area contributed by atoms with Crippen LogP contribution in [0.3, 0.4) is 0 Å². The van der Waals surface area contributed by atoms with E-state index in [2.05, 4.69) is 35.1 Å². The van der Waals surface area contributed by atoms with Gasteiger partial charge in [0.2, 0.25) is 0 Å². The zero-order valence-electron chi connectivity index (χ0n) is 12.0. The quantitative estimate of drug-likeness (QED) is 0.558. The van der Waals surface area contributed by atoms with Gasteiger partial charge in [0.1, 0.15) is 5.69 Å². The lowest BCUT2D eigenvalue weighted by Crippen LogP contribution is -1.95. The minimum absolute atomic E-state index is 0.927. The molecule has 0 aliphatic heterocycles. The fourth-order valence-electron chi connectivity index (χ4n) is 2.84. The third kappa shape index (κ3) is 1.82. The van der Waals surface area contributed by atoms with Crippen LogP contribution in [0.4, 0.5) is 0 Å². The topological polar surface area (TPSA) is 41.6 Å². The van der Waals surface area contributed by atoms with Gasteiger partial charge in [0.15, 0.2) is 0 Å². The summed E-state index contributed by atoms with van der Waals surface area (Å²) in [6.07, 6.45) is 0. The first kappa shape index (κ1) is 12.1. The number of nitrogens with zero attached hydrogens (tertiary/aromatic N) is 2. The summed E-state index contributed by atoms with van der Waals surface area (Å²) in [6, 6.07) is 16.3. The fraction of sp³-hybridized carbons (Fsp3) is 0.111. The van der Waals surface area contributed by atoms with Crippen LogP contribution in [-0.2, 0) is 0 Å². The SMILES string of the molecule is Cc1nc2ccccc2nc1-c1[nH]c2ccccc2c1C. The smallest absolute Gasteiger partial charge is 0.109 e. The van der Waals surface area contributed by atoms with Crippen molar-refractivity contribution >= 4 is 21.9 Å². The standard InChI is InChI=1S/C18H15N3/c1-11-13-7-3-4-8-14(13)20-17(11)18-12(2)19-15-9-5-6-10-16(15)21-18/h3-10,20H,1-2H3. The van der Waals surface area contributed by atoms with E-state index in [0.29, 0.717) is 0 Å².